The lowest BCUT2D eigenvalue weighted by atomic mass is 10.0. The number of rotatable bonds is 7. The third kappa shape index (κ3) is 5.04. The smallest absolute Gasteiger partial charge is 0.270 e. The lowest BCUT2D eigenvalue weighted by Crippen LogP contribution is -2.35. The number of nitro benzene ring substituents is 1. The molecule has 0 aliphatic carbocycles. The number of nitriles is 1. The Kier molecular flexibility index (Phi) is 6.12. The molecule has 6 heteroatoms. The number of non-ortho nitro benzene ring substituents is 1. The molecular weight excluding hydrogens is 268 g/mol. The number of anilines is 1. The van der Waals surface area contributed by atoms with Gasteiger partial charge in [-0.1, -0.05) is 13.8 Å². The summed E-state index contributed by atoms with van der Waals surface area (Å²) in [6.07, 6.45) is 1.04. The maximum absolute atomic E-state index is 10.7. The van der Waals surface area contributed by atoms with Crippen molar-refractivity contribution in [2.24, 2.45) is 5.92 Å². The Labute approximate surface area is 125 Å². The minimum Gasteiger partial charge on any atom is -0.382 e. The molecule has 0 amide bonds. The van der Waals surface area contributed by atoms with E-state index in [2.05, 4.69) is 24.1 Å². The third-order valence-corrected chi connectivity index (χ3v) is 3.34. The van der Waals surface area contributed by atoms with Crippen LogP contribution in [0.15, 0.2) is 18.2 Å². The van der Waals surface area contributed by atoms with Crippen LogP contribution in [0.5, 0.6) is 0 Å². The minimum absolute atomic E-state index is 0.0663. The van der Waals surface area contributed by atoms with E-state index in [1.807, 2.05) is 20.2 Å². The van der Waals surface area contributed by atoms with Crippen LogP contribution >= 0.6 is 0 Å². The number of nitrogens with one attached hydrogen (secondary N) is 1. The molecule has 0 bridgehead atoms. The van der Waals surface area contributed by atoms with Gasteiger partial charge in [0, 0.05) is 24.7 Å². The zero-order valence-corrected chi connectivity index (χ0v) is 13.0. The molecule has 0 saturated carbocycles. The van der Waals surface area contributed by atoms with Crippen LogP contribution in [-0.2, 0) is 0 Å². The van der Waals surface area contributed by atoms with Crippen molar-refractivity contribution in [3.8, 4) is 6.07 Å². The Balaban J connectivity index is 2.83. The Hall–Kier alpha value is -2.13. The topological polar surface area (TPSA) is 82.2 Å². The van der Waals surface area contributed by atoms with E-state index in [-0.39, 0.29) is 5.69 Å². The first-order chi connectivity index (χ1) is 9.85. The molecule has 0 heterocycles. The predicted octanol–water partition coefficient (Wildman–Crippen LogP) is 2.85. The highest BCUT2D eigenvalue weighted by molar-refractivity contribution is 5.61. The van der Waals surface area contributed by atoms with Gasteiger partial charge in [0.15, 0.2) is 0 Å². The standard InChI is InChI=1S/C15H22N4O2/c1-11(2)7-14(18(3)4)10-17-15-6-5-13(19(20)21)8-12(15)9-16/h5-6,8,11,14,17H,7,10H2,1-4H3. The first kappa shape index (κ1) is 16.9. The van der Waals surface area contributed by atoms with Crippen LogP contribution < -0.4 is 5.32 Å². The van der Waals surface area contributed by atoms with Crippen molar-refractivity contribution < 1.29 is 4.92 Å². The SMILES string of the molecule is CC(C)CC(CNc1ccc([N+](=O)[O-])cc1C#N)N(C)C. The monoisotopic (exact) mass is 290 g/mol. The van der Waals surface area contributed by atoms with Crippen molar-refractivity contribution in [3.63, 3.8) is 0 Å². The fourth-order valence-electron chi connectivity index (χ4n) is 2.14. The van der Waals surface area contributed by atoms with E-state index in [9.17, 15) is 10.1 Å². The van der Waals surface area contributed by atoms with E-state index < -0.39 is 4.92 Å². The molecule has 0 aliphatic heterocycles. The molecule has 0 radical (unpaired) electrons. The predicted molar refractivity (Wildman–Crippen MR) is 83.2 cm³/mol. The van der Waals surface area contributed by atoms with Crippen LogP contribution in [0.1, 0.15) is 25.8 Å². The molecule has 0 aliphatic rings. The molecule has 1 atom stereocenters. The van der Waals surface area contributed by atoms with Gasteiger partial charge >= 0.3 is 0 Å². The Morgan fingerprint density at radius 3 is 2.57 bits per heavy atom. The van der Waals surface area contributed by atoms with E-state index >= 15 is 0 Å². The van der Waals surface area contributed by atoms with E-state index in [4.69, 9.17) is 5.26 Å². The summed E-state index contributed by atoms with van der Waals surface area (Å²) in [5.74, 6) is 0.575. The van der Waals surface area contributed by atoms with Crippen LogP contribution in [0.3, 0.4) is 0 Å². The second-order valence-electron chi connectivity index (χ2n) is 5.73. The van der Waals surface area contributed by atoms with Crippen molar-refractivity contribution in [1.82, 2.24) is 4.90 Å². The molecule has 6 nitrogen and oxygen atoms in total. The number of hydrogen-bond acceptors (Lipinski definition) is 5. The van der Waals surface area contributed by atoms with Crippen molar-refractivity contribution in [2.45, 2.75) is 26.3 Å². The van der Waals surface area contributed by atoms with Gasteiger partial charge in [-0.3, -0.25) is 10.1 Å². The molecule has 1 N–H and O–H groups in total. The second kappa shape index (κ2) is 7.60. The highest BCUT2D eigenvalue weighted by Crippen LogP contribution is 2.22. The van der Waals surface area contributed by atoms with Gasteiger partial charge in [0.1, 0.15) is 6.07 Å². The maximum atomic E-state index is 10.7. The fourth-order valence-corrected chi connectivity index (χ4v) is 2.14. The van der Waals surface area contributed by atoms with Gasteiger partial charge in [0.2, 0.25) is 0 Å². The average Bonchev–Trinajstić information content (AvgIpc) is 2.42. The van der Waals surface area contributed by atoms with Gasteiger partial charge in [-0.05, 0) is 32.5 Å². The van der Waals surface area contributed by atoms with Crippen molar-refractivity contribution in [3.05, 3.63) is 33.9 Å². The minimum atomic E-state index is -0.494. The molecule has 21 heavy (non-hydrogen) atoms. The number of likely N-dealkylation sites (N-methyl/N-ethyl adjacent to an activating group) is 1. The first-order valence-corrected chi connectivity index (χ1v) is 6.94. The Morgan fingerprint density at radius 2 is 2.10 bits per heavy atom. The lowest BCUT2D eigenvalue weighted by Gasteiger charge is -2.26. The normalized spacial score (nSPS) is 12.2. The van der Waals surface area contributed by atoms with E-state index in [1.54, 1.807) is 6.07 Å². The van der Waals surface area contributed by atoms with Crippen molar-refractivity contribution >= 4 is 11.4 Å². The van der Waals surface area contributed by atoms with Crippen LogP contribution in [-0.4, -0.2) is 36.5 Å². The lowest BCUT2D eigenvalue weighted by molar-refractivity contribution is -0.384. The molecule has 0 fully saturated rings. The third-order valence-electron chi connectivity index (χ3n) is 3.34. The summed E-state index contributed by atoms with van der Waals surface area (Å²) in [5.41, 5.74) is 0.869. The van der Waals surface area contributed by atoms with E-state index in [0.29, 0.717) is 29.8 Å². The van der Waals surface area contributed by atoms with Gasteiger partial charge < -0.3 is 10.2 Å². The average molecular weight is 290 g/mol. The van der Waals surface area contributed by atoms with Gasteiger partial charge in [-0.2, -0.15) is 5.26 Å². The zero-order chi connectivity index (χ0) is 16.0. The second-order valence-corrected chi connectivity index (χ2v) is 5.73. The molecule has 0 aromatic heterocycles. The molecule has 114 valence electrons. The van der Waals surface area contributed by atoms with Gasteiger partial charge in [0.25, 0.3) is 5.69 Å². The molecule has 0 spiro atoms. The first-order valence-electron chi connectivity index (χ1n) is 6.94. The quantitative estimate of drug-likeness (QED) is 0.616. The summed E-state index contributed by atoms with van der Waals surface area (Å²) < 4.78 is 0. The molecule has 1 aromatic rings. The fraction of sp³-hybridized carbons (Fsp3) is 0.533. The van der Waals surface area contributed by atoms with Gasteiger partial charge in [-0.15, -0.1) is 0 Å². The summed E-state index contributed by atoms with van der Waals surface area (Å²) in [6.45, 7) is 5.03. The van der Waals surface area contributed by atoms with Crippen molar-refractivity contribution in [2.75, 3.05) is 26.0 Å². The molecule has 1 rings (SSSR count). The van der Waals surface area contributed by atoms with Crippen LogP contribution in [0.25, 0.3) is 0 Å². The highest BCUT2D eigenvalue weighted by Gasteiger charge is 2.15. The molecule has 1 aromatic carbocycles. The van der Waals surface area contributed by atoms with E-state index in [1.165, 1.54) is 12.1 Å². The van der Waals surface area contributed by atoms with Crippen LogP contribution in [0.2, 0.25) is 0 Å². The summed E-state index contributed by atoms with van der Waals surface area (Å²) in [4.78, 5) is 12.4. The van der Waals surface area contributed by atoms with Crippen molar-refractivity contribution in [1.29, 1.82) is 5.26 Å². The summed E-state index contributed by atoms with van der Waals surface area (Å²) in [5, 5.41) is 23.1. The molecule has 1 unspecified atom stereocenters. The molecule has 0 saturated heterocycles. The zero-order valence-electron chi connectivity index (χ0n) is 13.0. The van der Waals surface area contributed by atoms with Gasteiger partial charge in [-0.25, -0.2) is 0 Å². The number of nitrogens with zero attached hydrogens (tertiary/aromatic N) is 3. The maximum Gasteiger partial charge on any atom is 0.270 e. The van der Waals surface area contributed by atoms with Crippen LogP contribution in [0.4, 0.5) is 11.4 Å². The number of nitro groups is 1. The molecular formula is C15H22N4O2. The summed E-state index contributed by atoms with van der Waals surface area (Å²) in [6, 6.07) is 6.65. The summed E-state index contributed by atoms with van der Waals surface area (Å²) in [7, 11) is 4.05. The number of benzene rings is 1. The highest BCUT2D eigenvalue weighted by atomic mass is 16.6. The van der Waals surface area contributed by atoms with Gasteiger partial charge in [0.05, 0.1) is 16.2 Å². The van der Waals surface area contributed by atoms with E-state index in [0.717, 1.165) is 6.42 Å². The largest absolute Gasteiger partial charge is 0.382 e. The Bertz CT molecular complexity index is 535. The van der Waals surface area contributed by atoms with Crippen LogP contribution in [0, 0.1) is 27.4 Å². The summed E-state index contributed by atoms with van der Waals surface area (Å²) >= 11 is 0. The number of hydrogen-bond donors (Lipinski definition) is 1. The Morgan fingerprint density at radius 1 is 1.43 bits per heavy atom.